The van der Waals surface area contributed by atoms with Gasteiger partial charge in [-0.05, 0) is 55.5 Å². The molecule has 27 heavy (non-hydrogen) atoms. The summed E-state index contributed by atoms with van der Waals surface area (Å²) >= 11 is 7.21. The van der Waals surface area contributed by atoms with Crippen LogP contribution >= 0.6 is 22.9 Å². The molecule has 0 atom stereocenters. The first kappa shape index (κ1) is 20.9. The van der Waals surface area contributed by atoms with Crippen LogP contribution in [0.25, 0.3) is 0 Å². The number of nitrogens with zero attached hydrogens (tertiary/aromatic N) is 1. The van der Waals surface area contributed by atoms with E-state index in [1.54, 1.807) is 37.4 Å². The van der Waals surface area contributed by atoms with Crippen LogP contribution in [0.3, 0.4) is 0 Å². The molecule has 1 N–H and O–H groups in total. The van der Waals surface area contributed by atoms with E-state index in [2.05, 4.69) is 5.32 Å². The van der Waals surface area contributed by atoms with Gasteiger partial charge >= 0.3 is 5.97 Å². The van der Waals surface area contributed by atoms with E-state index in [0.29, 0.717) is 22.1 Å². The van der Waals surface area contributed by atoms with Crippen LogP contribution in [0.15, 0.2) is 29.6 Å². The SMILES string of the molecule is CCN(CC(=O)Nc1cc(Cl)ccc1C)C(=O)COC(=O)c1sccc1C. The van der Waals surface area contributed by atoms with Crippen molar-refractivity contribution in [3.05, 3.63) is 50.7 Å². The van der Waals surface area contributed by atoms with Gasteiger partial charge in [-0.2, -0.15) is 0 Å². The fourth-order valence-corrected chi connectivity index (χ4v) is 3.32. The summed E-state index contributed by atoms with van der Waals surface area (Å²) in [6.45, 7) is 5.16. The van der Waals surface area contributed by atoms with Crippen molar-refractivity contribution < 1.29 is 19.1 Å². The van der Waals surface area contributed by atoms with Crippen LogP contribution in [-0.4, -0.2) is 42.4 Å². The summed E-state index contributed by atoms with van der Waals surface area (Å²) in [7, 11) is 0. The number of benzene rings is 1. The Labute approximate surface area is 167 Å². The fourth-order valence-electron chi connectivity index (χ4n) is 2.33. The molecular weight excluding hydrogens is 388 g/mol. The predicted molar refractivity (Wildman–Crippen MR) is 106 cm³/mol. The maximum Gasteiger partial charge on any atom is 0.349 e. The first-order valence-corrected chi connectivity index (χ1v) is 9.62. The van der Waals surface area contributed by atoms with Gasteiger partial charge in [-0.1, -0.05) is 17.7 Å². The number of hydrogen-bond acceptors (Lipinski definition) is 5. The second-order valence-corrected chi connectivity index (χ2v) is 7.28. The van der Waals surface area contributed by atoms with Crippen LogP contribution in [-0.2, 0) is 14.3 Å². The highest BCUT2D eigenvalue weighted by molar-refractivity contribution is 7.12. The van der Waals surface area contributed by atoms with Crippen LogP contribution in [0.4, 0.5) is 5.69 Å². The number of nitrogens with one attached hydrogen (secondary N) is 1. The Morgan fingerprint density at radius 2 is 1.93 bits per heavy atom. The second-order valence-electron chi connectivity index (χ2n) is 5.92. The van der Waals surface area contributed by atoms with Crippen molar-refractivity contribution >= 4 is 46.4 Å². The van der Waals surface area contributed by atoms with Crippen LogP contribution in [0.5, 0.6) is 0 Å². The number of aryl methyl sites for hydroxylation is 2. The van der Waals surface area contributed by atoms with E-state index in [1.165, 1.54) is 16.2 Å². The van der Waals surface area contributed by atoms with Gasteiger partial charge in [0.05, 0.1) is 6.54 Å². The van der Waals surface area contributed by atoms with Crippen molar-refractivity contribution in [1.29, 1.82) is 0 Å². The molecule has 1 aromatic carbocycles. The molecule has 0 aliphatic rings. The minimum absolute atomic E-state index is 0.142. The lowest BCUT2D eigenvalue weighted by molar-refractivity contribution is -0.137. The zero-order valence-corrected chi connectivity index (χ0v) is 16.9. The average Bonchev–Trinajstić information content (AvgIpc) is 3.06. The molecule has 0 saturated carbocycles. The molecule has 0 saturated heterocycles. The minimum Gasteiger partial charge on any atom is -0.451 e. The number of halogens is 1. The van der Waals surface area contributed by atoms with Crippen LogP contribution in [0.2, 0.25) is 5.02 Å². The lowest BCUT2D eigenvalue weighted by Crippen LogP contribution is -2.40. The maximum atomic E-state index is 12.3. The molecule has 2 aromatic rings. The van der Waals surface area contributed by atoms with Crippen molar-refractivity contribution in [2.24, 2.45) is 0 Å². The monoisotopic (exact) mass is 408 g/mol. The van der Waals surface area contributed by atoms with Gasteiger partial charge in [0, 0.05) is 17.3 Å². The summed E-state index contributed by atoms with van der Waals surface area (Å²) in [4.78, 5) is 38.4. The van der Waals surface area contributed by atoms with E-state index in [-0.39, 0.29) is 12.5 Å². The number of amides is 2. The molecular formula is C19H21ClN2O4S. The molecule has 0 aliphatic heterocycles. The first-order chi connectivity index (χ1) is 12.8. The van der Waals surface area contributed by atoms with Gasteiger partial charge in [-0.15, -0.1) is 11.3 Å². The molecule has 1 aromatic heterocycles. The zero-order valence-electron chi connectivity index (χ0n) is 15.4. The number of thiophene rings is 1. The minimum atomic E-state index is -0.536. The molecule has 8 heteroatoms. The Hall–Kier alpha value is -2.38. The van der Waals surface area contributed by atoms with Gasteiger partial charge < -0.3 is 15.0 Å². The van der Waals surface area contributed by atoms with E-state index >= 15 is 0 Å². The number of anilines is 1. The Balaban J connectivity index is 1.90. The summed E-state index contributed by atoms with van der Waals surface area (Å²) in [6, 6.07) is 6.99. The Kier molecular flexibility index (Phi) is 7.38. The Bertz CT molecular complexity index is 850. The Morgan fingerprint density at radius 1 is 1.19 bits per heavy atom. The van der Waals surface area contributed by atoms with Gasteiger partial charge in [0.25, 0.3) is 5.91 Å². The molecule has 2 rings (SSSR count). The Morgan fingerprint density at radius 3 is 2.56 bits per heavy atom. The zero-order chi connectivity index (χ0) is 20.0. The van der Waals surface area contributed by atoms with Gasteiger partial charge in [0.15, 0.2) is 6.61 Å². The summed E-state index contributed by atoms with van der Waals surface area (Å²) in [5, 5.41) is 5.04. The third-order valence-electron chi connectivity index (χ3n) is 3.92. The number of carbonyl (C=O) groups excluding carboxylic acids is 3. The van der Waals surface area contributed by atoms with E-state index in [0.717, 1.165) is 11.1 Å². The van der Waals surface area contributed by atoms with E-state index < -0.39 is 18.5 Å². The van der Waals surface area contributed by atoms with Crippen molar-refractivity contribution in [3.8, 4) is 0 Å². The molecule has 0 radical (unpaired) electrons. The highest BCUT2D eigenvalue weighted by Crippen LogP contribution is 2.20. The van der Waals surface area contributed by atoms with Crippen molar-refractivity contribution in [2.75, 3.05) is 25.0 Å². The van der Waals surface area contributed by atoms with E-state index in [9.17, 15) is 14.4 Å². The lowest BCUT2D eigenvalue weighted by Gasteiger charge is -2.20. The molecule has 2 amide bonds. The van der Waals surface area contributed by atoms with Crippen LogP contribution < -0.4 is 5.32 Å². The van der Waals surface area contributed by atoms with E-state index in [1.807, 2.05) is 13.0 Å². The molecule has 1 heterocycles. The molecule has 0 bridgehead atoms. The molecule has 144 valence electrons. The van der Waals surface area contributed by atoms with Gasteiger partial charge in [0.1, 0.15) is 4.88 Å². The van der Waals surface area contributed by atoms with Crippen molar-refractivity contribution in [1.82, 2.24) is 4.90 Å². The molecule has 6 nitrogen and oxygen atoms in total. The summed E-state index contributed by atoms with van der Waals surface area (Å²) < 4.78 is 5.08. The number of likely N-dealkylation sites (N-methyl/N-ethyl adjacent to an activating group) is 1. The third-order valence-corrected chi connectivity index (χ3v) is 5.15. The van der Waals surface area contributed by atoms with E-state index in [4.69, 9.17) is 16.3 Å². The quantitative estimate of drug-likeness (QED) is 0.709. The summed E-state index contributed by atoms with van der Waals surface area (Å²) in [5.41, 5.74) is 2.26. The highest BCUT2D eigenvalue weighted by atomic mass is 35.5. The predicted octanol–water partition coefficient (Wildman–Crippen LogP) is 3.66. The summed E-state index contributed by atoms with van der Waals surface area (Å²) in [5.74, 6) is -1.32. The van der Waals surface area contributed by atoms with Gasteiger partial charge in [-0.25, -0.2) is 4.79 Å². The second kappa shape index (κ2) is 9.53. The number of rotatable bonds is 7. The third kappa shape index (κ3) is 5.80. The highest BCUT2D eigenvalue weighted by Gasteiger charge is 2.19. The summed E-state index contributed by atoms with van der Waals surface area (Å²) in [6.07, 6.45) is 0. The molecule has 0 fully saturated rings. The van der Waals surface area contributed by atoms with Gasteiger partial charge in [-0.3, -0.25) is 9.59 Å². The number of esters is 1. The number of carbonyl (C=O) groups is 3. The number of ether oxygens (including phenoxy) is 1. The normalized spacial score (nSPS) is 10.4. The van der Waals surface area contributed by atoms with Crippen LogP contribution in [0.1, 0.15) is 27.7 Å². The first-order valence-electron chi connectivity index (χ1n) is 8.36. The average molecular weight is 409 g/mol. The molecule has 0 unspecified atom stereocenters. The fraction of sp³-hybridized carbons (Fsp3) is 0.316. The van der Waals surface area contributed by atoms with Crippen molar-refractivity contribution in [3.63, 3.8) is 0 Å². The van der Waals surface area contributed by atoms with Gasteiger partial charge in [0.2, 0.25) is 5.91 Å². The molecule has 0 spiro atoms. The topological polar surface area (TPSA) is 75.7 Å². The lowest BCUT2D eigenvalue weighted by atomic mass is 10.2. The smallest absolute Gasteiger partial charge is 0.349 e. The number of hydrogen-bond donors (Lipinski definition) is 1. The maximum absolute atomic E-state index is 12.3. The van der Waals surface area contributed by atoms with Crippen LogP contribution in [0, 0.1) is 13.8 Å². The van der Waals surface area contributed by atoms with Crippen molar-refractivity contribution in [2.45, 2.75) is 20.8 Å². The standard InChI is InChI=1S/C19H21ClN2O4S/c1-4-22(10-16(23)21-15-9-14(20)6-5-12(15)2)17(24)11-26-19(25)18-13(3)7-8-27-18/h5-9H,4,10-11H2,1-3H3,(H,21,23). The molecule has 0 aliphatic carbocycles. The largest absolute Gasteiger partial charge is 0.451 e.